The van der Waals surface area contributed by atoms with Crippen molar-refractivity contribution in [2.24, 2.45) is 0 Å². The Balaban J connectivity index is -0.000000707. The highest BCUT2D eigenvalue weighted by molar-refractivity contribution is 9.10. The highest BCUT2D eigenvalue weighted by Gasteiger charge is 2.11. The molecule has 0 aliphatic carbocycles. The molecule has 0 fully saturated rings. The van der Waals surface area contributed by atoms with E-state index in [9.17, 15) is 24.0 Å². The molecule has 0 heterocycles. The molecule has 10 nitrogen and oxygen atoms in total. The monoisotopic (exact) mass is 935 g/mol. The number of hydrogen-bond acceptors (Lipinski definition) is 5. The van der Waals surface area contributed by atoms with Crippen molar-refractivity contribution in [1.29, 1.82) is 0 Å². The third-order valence-corrected chi connectivity index (χ3v) is 10.5. The lowest BCUT2D eigenvalue weighted by atomic mass is 10.1. The number of aliphatic carboxylic acids is 4. The topological polar surface area (TPSA) is 186 Å². The van der Waals surface area contributed by atoms with Gasteiger partial charge >= 0.3 is 29.8 Å². The fourth-order valence-corrected chi connectivity index (χ4v) is 6.24. The molecule has 0 spiro atoms. The van der Waals surface area contributed by atoms with Crippen molar-refractivity contribution in [3.63, 3.8) is 0 Å². The predicted octanol–water partition coefficient (Wildman–Crippen LogP) is 14.8. The number of allylic oxidation sites excluding steroid dienone is 1. The standard InChI is InChI=1S/C12H23BrO2.C12H24O2.C11H20O2.C9H10O2.C7H6O2/c1-2-3-4-5-6-7-8-9-10-11(13)12(14)15;1-2-3-4-5-6-7-8-9-10-11-12(13)14;1-2-3-4-5-6-7-8-9-10-11(12)13;10-9(11)7-6-8-4-2-1-3-5-8;8-7(9)6-4-2-1-3-5-6/h11H,2-10H2,1H3,(H,14,15);2-11H2,1H3,(H,13,14);2H,1,3-10H2,(H,12,13);1-5H,6-7H2,(H,10,11);1-5H,(H,8,9). The summed E-state index contributed by atoms with van der Waals surface area (Å²) in [6.07, 6.45) is 33.3. The first-order chi connectivity index (χ1) is 29.8. The molecule has 1 atom stereocenters. The normalized spacial score (nSPS) is 10.4. The van der Waals surface area contributed by atoms with Gasteiger partial charge in [-0.15, -0.1) is 6.58 Å². The number of halogens is 1. The lowest BCUT2D eigenvalue weighted by Gasteiger charge is -2.04. The van der Waals surface area contributed by atoms with Gasteiger partial charge < -0.3 is 25.5 Å². The maximum Gasteiger partial charge on any atom is 0.335 e. The second-order valence-corrected chi connectivity index (χ2v) is 16.5. The zero-order valence-corrected chi connectivity index (χ0v) is 39.9. The van der Waals surface area contributed by atoms with E-state index in [1.807, 2.05) is 36.4 Å². The van der Waals surface area contributed by atoms with Crippen molar-refractivity contribution in [2.45, 2.75) is 205 Å². The first-order valence-electron chi connectivity index (χ1n) is 23.3. The minimum Gasteiger partial charge on any atom is -0.481 e. The summed E-state index contributed by atoms with van der Waals surface area (Å²) in [6, 6.07) is 17.9. The summed E-state index contributed by atoms with van der Waals surface area (Å²) >= 11 is 3.15. The van der Waals surface area contributed by atoms with Crippen LogP contribution in [0, 0.1) is 0 Å². The van der Waals surface area contributed by atoms with Gasteiger partial charge in [-0.1, -0.05) is 213 Å². The van der Waals surface area contributed by atoms with Gasteiger partial charge in [0.15, 0.2) is 0 Å². The minimum atomic E-state index is -0.879. The summed E-state index contributed by atoms with van der Waals surface area (Å²) < 4.78 is 0. The van der Waals surface area contributed by atoms with Crippen molar-refractivity contribution >= 4 is 45.8 Å². The summed E-state index contributed by atoms with van der Waals surface area (Å²) in [6.45, 7) is 8.11. The summed E-state index contributed by atoms with van der Waals surface area (Å²) in [5.74, 6) is -3.69. The molecule has 0 radical (unpaired) electrons. The molecule has 0 saturated carbocycles. The third kappa shape index (κ3) is 54.0. The fraction of sp³-hybridized carbons (Fsp3) is 0.627. The first-order valence-corrected chi connectivity index (χ1v) is 24.2. The first kappa shape index (κ1) is 62.3. The molecule has 2 aromatic rings. The van der Waals surface area contributed by atoms with Crippen molar-refractivity contribution in [3.8, 4) is 0 Å². The number of carbonyl (C=O) groups is 5. The molecule has 5 N–H and O–H groups in total. The average molecular weight is 936 g/mol. The molecule has 1 unspecified atom stereocenters. The van der Waals surface area contributed by atoms with Gasteiger partial charge in [0.25, 0.3) is 0 Å². The molecule has 0 aromatic heterocycles. The second-order valence-electron chi connectivity index (χ2n) is 15.4. The van der Waals surface area contributed by atoms with E-state index < -0.39 is 29.8 Å². The molecule has 0 bridgehead atoms. The molecule has 2 aromatic carbocycles. The molecule has 354 valence electrons. The second kappa shape index (κ2) is 49.7. The Kier molecular flexibility index (Phi) is 49.9. The molecular weight excluding hydrogens is 852 g/mol. The number of carboxylic acids is 5. The van der Waals surface area contributed by atoms with Crippen molar-refractivity contribution in [1.82, 2.24) is 0 Å². The summed E-state index contributed by atoms with van der Waals surface area (Å²) in [4.78, 5) is 50.9. The molecule has 0 aliphatic heterocycles. The summed E-state index contributed by atoms with van der Waals surface area (Å²) in [7, 11) is 0. The van der Waals surface area contributed by atoms with Crippen LogP contribution in [0.3, 0.4) is 0 Å². The number of benzene rings is 2. The SMILES string of the molecule is C=CCCCCCCCCC(=O)O.CCCCCCCCCCC(Br)C(=O)O.CCCCCCCCCCCC(=O)O.O=C(O)CCc1ccccc1.O=C(O)c1ccccc1. The molecule has 0 aliphatic rings. The number of hydrogen-bond donors (Lipinski definition) is 5. The zero-order valence-electron chi connectivity index (χ0n) is 38.3. The van der Waals surface area contributed by atoms with Gasteiger partial charge in [-0.05, 0) is 56.2 Å². The van der Waals surface area contributed by atoms with E-state index in [1.54, 1.807) is 30.3 Å². The van der Waals surface area contributed by atoms with E-state index in [2.05, 4.69) is 36.4 Å². The van der Waals surface area contributed by atoms with Gasteiger partial charge in [-0.2, -0.15) is 0 Å². The van der Waals surface area contributed by atoms with E-state index in [1.165, 1.54) is 116 Å². The summed E-state index contributed by atoms with van der Waals surface area (Å²) in [5.41, 5.74) is 1.41. The molecule has 0 saturated heterocycles. The third-order valence-electron chi connectivity index (χ3n) is 9.61. The van der Waals surface area contributed by atoms with Gasteiger partial charge in [0.05, 0.1) is 5.56 Å². The van der Waals surface area contributed by atoms with E-state index in [4.69, 9.17) is 25.5 Å². The van der Waals surface area contributed by atoms with Crippen LogP contribution in [-0.2, 0) is 25.6 Å². The van der Waals surface area contributed by atoms with E-state index >= 15 is 0 Å². The molecule has 11 heteroatoms. The number of unbranched alkanes of at least 4 members (excludes halogenated alkanes) is 21. The Hall–Kier alpha value is -3.99. The highest BCUT2D eigenvalue weighted by Crippen LogP contribution is 2.14. The van der Waals surface area contributed by atoms with Crippen LogP contribution in [0.5, 0.6) is 0 Å². The Labute approximate surface area is 383 Å². The van der Waals surface area contributed by atoms with Crippen LogP contribution >= 0.6 is 15.9 Å². The number of alkyl halides is 1. The van der Waals surface area contributed by atoms with Gasteiger partial charge in [0.2, 0.25) is 0 Å². The van der Waals surface area contributed by atoms with Gasteiger partial charge in [-0.25, -0.2) is 4.79 Å². The van der Waals surface area contributed by atoms with Crippen molar-refractivity contribution in [3.05, 3.63) is 84.4 Å². The predicted molar refractivity (Wildman–Crippen MR) is 258 cm³/mol. The molecule has 0 amide bonds. The zero-order chi connectivity index (χ0) is 46.9. The van der Waals surface area contributed by atoms with E-state index in [0.29, 0.717) is 24.8 Å². The van der Waals surface area contributed by atoms with Crippen LogP contribution in [0.4, 0.5) is 0 Å². The number of rotatable bonds is 33. The van der Waals surface area contributed by atoms with Gasteiger partial charge in [0, 0.05) is 19.3 Å². The van der Waals surface area contributed by atoms with Crippen molar-refractivity contribution < 1.29 is 49.5 Å². The average Bonchev–Trinajstić information content (AvgIpc) is 3.25. The Morgan fingerprint density at radius 3 is 1.19 bits per heavy atom. The van der Waals surface area contributed by atoms with Crippen LogP contribution in [0.25, 0.3) is 0 Å². The van der Waals surface area contributed by atoms with Crippen LogP contribution < -0.4 is 0 Å². The van der Waals surface area contributed by atoms with E-state index in [0.717, 1.165) is 50.5 Å². The molecular formula is C51H83BrO10. The maximum atomic E-state index is 10.5. The Morgan fingerprint density at radius 2 is 0.855 bits per heavy atom. The molecule has 62 heavy (non-hydrogen) atoms. The number of aromatic carboxylic acids is 1. The quantitative estimate of drug-likeness (QED) is 0.0262. The van der Waals surface area contributed by atoms with Crippen LogP contribution in [0.15, 0.2) is 73.3 Å². The Morgan fingerprint density at radius 1 is 0.500 bits per heavy atom. The lowest BCUT2D eigenvalue weighted by Crippen LogP contribution is -2.11. The number of aryl methyl sites for hydroxylation is 1. The minimum absolute atomic E-state index is 0.212. The highest BCUT2D eigenvalue weighted by atomic mass is 79.9. The van der Waals surface area contributed by atoms with Crippen LogP contribution in [0.1, 0.15) is 210 Å². The lowest BCUT2D eigenvalue weighted by molar-refractivity contribution is -0.138. The van der Waals surface area contributed by atoms with Gasteiger partial charge in [-0.3, -0.25) is 19.2 Å². The smallest absolute Gasteiger partial charge is 0.335 e. The summed E-state index contributed by atoms with van der Waals surface area (Å²) in [5, 5.41) is 42.2. The van der Waals surface area contributed by atoms with E-state index in [-0.39, 0.29) is 11.2 Å². The van der Waals surface area contributed by atoms with Crippen molar-refractivity contribution in [2.75, 3.05) is 0 Å². The van der Waals surface area contributed by atoms with Crippen LogP contribution in [0.2, 0.25) is 0 Å². The largest absolute Gasteiger partial charge is 0.481 e. The fourth-order valence-electron chi connectivity index (χ4n) is 5.92. The van der Waals surface area contributed by atoms with Gasteiger partial charge in [0.1, 0.15) is 4.83 Å². The number of carboxylic acid groups (broad SMARTS) is 5. The molecule has 2 rings (SSSR count). The van der Waals surface area contributed by atoms with Crippen LogP contribution in [-0.4, -0.2) is 60.2 Å². The maximum absolute atomic E-state index is 10.5. The Bertz CT molecular complexity index is 1340.